The fourth-order valence-corrected chi connectivity index (χ4v) is 3.24. The number of amides is 1. The summed E-state index contributed by atoms with van der Waals surface area (Å²) in [5.74, 6) is 2.69. The molecule has 7 heteroatoms. The normalized spacial score (nSPS) is 16.1. The number of rotatable bonds is 8. The average molecular weight is 337 g/mol. The van der Waals surface area contributed by atoms with E-state index in [4.69, 9.17) is 4.74 Å². The van der Waals surface area contributed by atoms with Gasteiger partial charge in [-0.15, -0.1) is 10.2 Å². The third-order valence-electron chi connectivity index (χ3n) is 4.51. The number of carbonyl (C=O) groups excluding carboxylic acids is 1. The Labute approximate surface area is 145 Å². The van der Waals surface area contributed by atoms with Crippen LogP contribution in [0.4, 0.5) is 0 Å². The van der Waals surface area contributed by atoms with E-state index in [1.54, 1.807) is 0 Å². The van der Waals surface area contributed by atoms with Crippen molar-refractivity contribution in [2.75, 3.05) is 40.4 Å². The highest BCUT2D eigenvalue weighted by Crippen LogP contribution is 2.27. The zero-order chi connectivity index (χ0) is 17.5. The summed E-state index contributed by atoms with van der Waals surface area (Å²) in [5, 5.41) is 8.84. The molecule has 1 amide bonds. The van der Waals surface area contributed by atoms with E-state index in [1.807, 2.05) is 25.9 Å². The molecular weight excluding hydrogens is 306 g/mol. The van der Waals surface area contributed by atoms with Gasteiger partial charge < -0.3 is 19.1 Å². The topological polar surface area (TPSA) is 63.5 Å². The van der Waals surface area contributed by atoms with Crippen molar-refractivity contribution in [2.24, 2.45) is 0 Å². The summed E-state index contributed by atoms with van der Waals surface area (Å²) in [6.45, 7) is 8.56. The third kappa shape index (κ3) is 4.77. The molecule has 1 aliphatic rings. The number of hydrogen-bond acceptors (Lipinski definition) is 5. The largest absolute Gasteiger partial charge is 0.381 e. The van der Waals surface area contributed by atoms with Crippen LogP contribution in [0.25, 0.3) is 0 Å². The van der Waals surface area contributed by atoms with Crippen LogP contribution in [-0.4, -0.2) is 70.9 Å². The van der Waals surface area contributed by atoms with Crippen LogP contribution in [0.3, 0.4) is 0 Å². The molecule has 24 heavy (non-hydrogen) atoms. The molecule has 0 spiro atoms. The Hall–Kier alpha value is -1.47. The van der Waals surface area contributed by atoms with E-state index < -0.39 is 0 Å². The maximum Gasteiger partial charge on any atom is 0.224 e. The predicted octanol–water partition coefficient (Wildman–Crippen LogP) is 1.49. The minimum Gasteiger partial charge on any atom is -0.381 e. The number of piperidine rings is 1. The second-order valence-corrected chi connectivity index (χ2v) is 6.56. The molecule has 0 saturated carbocycles. The Morgan fingerprint density at radius 3 is 2.54 bits per heavy atom. The van der Waals surface area contributed by atoms with Gasteiger partial charge in [-0.1, -0.05) is 0 Å². The van der Waals surface area contributed by atoms with E-state index in [2.05, 4.69) is 26.6 Å². The fraction of sp³-hybridized carbons (Fsp3) is 0.824. The highest BCUT2D eigenvalue weighted by Gasteiger charge is 2.27. The van der Waals surface area contributed by atoms with Gasteiger partial charge in [-0.2, -0.15) is 0 Å². The van der Waals surface area contributed by atoms with Crippen molar-refractivity contribution in [2.45, 2.75) is 52.1 Å². The number of ether oxygens (including phenoxy) is 1. The SMILES string of the molecule is CCOCCC(=O)N1CCC(c2nnc(CN(C)C)n2CC)CC1. The first-order valence-corrected chi connectivity index (χ1v) is 8.99. The van der Waals surface area contributed by atoms with Crippen molar-refractivity contribution in [1.29, 1.82) is 0 Å². The van der Waals surface area contributed by atoms with Crippen molar-refractivity contribution in [3.63, 3.8) is 0 Å². The van der Waals surface area contributed by atoms with Crippen molar-refractivity contribution in [3.8, 4) is 0 Å². The van der Waals surface area contributed by atoms with Gasteiger partial charge in [0.15, 0.2) is 0 Å². The monoisotopic (exact) mass is 337 g/mol. The van der Waals surface area contributed by atoms with E-state index in [9.17, 15) is 4.79 Å². The molecule has 0 radical (unpaired) electrons. The lowest BCUT2D eigenvalue weighted by Crippen LogP contribution is -2.38. The Balaban J connectivity index is 1.92. The highest BCUT2D eigenvalue weighted by molar-refractivity contribution is 5.76. The van der Waals surface area contributed by atoms with Crippen LogP contribution in [-0.2, 0) is 22.6 Å². The zero-order valence-electron chi connectivity index (χ0n) is 15.5. The molecule has 1 fully saturated rings. The van der Waals surface area contributed by atoms with E-state index in [0.29, 0.717) is 25.6 Å². The van der Waals surface area contributed by atoms with Gasteiger partial charge >= 0.3 is 0 Å². The lowest BCUT2D eigenvalue weighted by molar-refractivity contribution is -0.133. The smallest absolute Gasteiger partial charge is 0.224 e. The van der Waals surface area contributed by atoms with Crippen LogP contribution in [0.1, 0.15) is 50.7 Å². The molecule has 0 aliphatic carbocycles. The molecule has 136 valence electrons. The highest BCUT2D eigenvalue weighted by atomic mass is 16.5. The molecule has 0 bridgehead atoms. The maximum absolute atomic E-state index is 12.2. The third-order valence-corrected chi connectivity index (χ3v) is 4.51. The molecule has 1 aliphatic heterocycles. The second kappa shape index (κ2) is 9.13. The summed E-state index contributed by atoms with van der Waals surface area (Å²) in [4.78, 5) is 16.2. The first-order valence-electron chi connectivity index (χ1n) is 8.99. The van der Waals surface area contributed by atoms with Gasteiger partial charge in [0.05, 0.1) is 19.6 Å². The molecule has 0 atom stereocenters. The standard InChI is InChI=1S/C17H31N5O2/c1-5-22-15(13-20(3)4)18-19-17(22)14-7-10-21(11-8-14)16(23)9-12-24-6-2/h14H,5-13H2,1-4H3. The first-order chi connectivity index (χ1) is 11.6. The number of nitrogens with zero attached hydrogens (tertiary/aromatic N) is 5. The summed E-state index contributed by atoms with van der Waals surface area (Å²) >= 11 is 0. The van der Waals surface area contributed by atoms with Crippen LogP contribution in [0.2, 0.25) is 0 Å². The van der Waals surface area contributed by atoms with Crippen molar-refractivity contribution in [3.05, 3.63) is 11.6 Å². The van der Waals surface area contributed by atoms with E-state index in [-0.39, 0.29) is 5.91 Å². The Morgan fingerprint density at radius 1 is 1.25 bits per heavy atom. The molecular formula is C17H31N5O2. The molecule has 7 nitrogen and oxygen atoms in total. The van der Waals surface area contributed by atoms with Gasteiger partial charge in [-0.25, -0.2) is 0 Å². The summed E-state index contributed by atoms with van der Waals surface area (Å²) in [6, 6.07) is 0. The van der Waals surface area contributed by atoms with E-state index in [0.717, 1.165) is 50.7 Å². The number of likely N-dealkylation sites (tertiary alicyclic amines) is 1. The molecule has 0 aromatic carbocycles. The predicted molar refractivity (Wildman–Crippen MR) is 92.8 cm³/mol. The number of hydrogen-bond donors (Lipinski definition) is 0. The number of aromatic nitrogens is 3. The molecule has 1 saturated heterocycles. The maximum atomic E-state index is 12.2. The van der Waals surface area contributed by atoms with Gasteiger partial charge in [-0.3, -0.25) is 4.79 Å². The molecule has 1 aromatic rings. The lowest BCUT2D eigenvalue weighted by Gasteiger charge is -2.31. The molecule has 1 aromatic heterocycles. The van der Waals surface area contributed by atoms with Crippen LogP contribution >= 0.6 is 0 Å². The van der Waals surface area contributed by atoms with Crippen LogP contribution in [0, 0.1) is 0 Å². The molecule has 0 N–H and O–H groups in total. The average Bonchev–Trinajstić information content (AvgIpc) is 2.97. The van der Waals surface area contributed by atoms with Crippen molar-refractivity contribution in [1.82, 2.24) is 24.6 Å². The molecule has 0 unspecified atom stereocenters. The summed E-state index contributed by atoms with van der Waals surface area (Å²) in [5.41, 5.74) is 0. The summed E-state index contributed by atoms with van der Waals surface area (Å²) in [7, 11) is 4.08. The zero-order valence-corrected chi connectivity index (χ0v) is 15.5. The van der Waals surface area contributed by atoms with E-state index in [1.165, 1.54) is 0 Å². The van der Waals surface area contributed by atoms with Crippen LogP contribution in [0.15, 0.2) is 0 Å². The van der Waals surface area contributed by atoms with Crippen molar-refractivity contribution >= 4 is 5.91 Å². The van der Waals surface area contributed by atoms with Gasteiger partial charge in [0.2, 0.25) is 5.91 Å². The number of carbonyl (C=O) groups is 1. The van der Waals surface area contributed by atoms with Crippen molar-refractivity contribution < 1.29 is 9.53 Å². The second-order valence-electron chi connectivity index (χ2n) is 6.56. The van der Waals surface area contributed by atoms with Gasteiger partial charge in [0.25, 0.3) is 0 Å². The van der Waals surface area contributed by atoms with Gasteiger partial charge in [0.1, 0.15) is 11.6 Å². The Morgan fingerprint density at radius 2 is 1.96 bits per heavy atom. The summed E-state index contributed by atoms with van der Waals surface area (Å²) in [6.07, 6.45) is 2.40. The molecule has 2 heterocycles. The Kier molecular flexibility index (Phi) is 7.17. The van der Waals surface area contributed by atoms with Crippen LogP contribution in [0.5, 0.6) is 0 Å². The Bertz CT molecular complexity index is 521. The first kappa shape index (κ1) is 18.9. The molecule has 2 rings (SSSR count). The lowest BCUT2D eigenvalue weighted by atomic mass is 9.95. The minimum absolute atomic E-state index is 0.201. The summed E-state index contributed by atoms with van der Waals surface area (Å²) < 4.78 is 7.51. The van der Waals surface area contributed by atoms with Gasteiger partial charge in [0, 0.05) is 32.2 Å². The van der Waals surface area contributed by atoms with Gasteiger partial charge in [-0.05, 0) is 40.8 Å². The van der Waals surface area contributed by atoms with Crippen LogP contribution < -0.4 is 0 Å². The minimum atomic E-state index is 0.201. The fourth-order valence-electron chi connectivity index (χ4n) is 3.24. The quantitative estimate of drug-likeness (QED) is 0.673. The van der Waals surface area contributed by atoms with E-state index >= 15 is 0 Å².